The summed E-state index contributed by atoms with van der Waals surface area (Å²) in [6.07, 6.45) is 0. The van der Waals surface area contributed by atoms with Gasteiger partial charge in [-0.3, -0.25) is 9.69 Å². The molecule has 0 unspecified atom stereocenters. The van der Waals surface area contributed by atoms with Crippen LogP contribution in [-0.4, -0.2) is 48.3 Å². The molecule has 0 fully saturated rings. The molecule has 0 radical (unpaired) electrons. The van der Waals surface area contributed by atoms with Crippen LogP contribution >= 0.6 is 0 Å². The Balaban J connectivity index is 1.59. The smallest absolute Gasteiger partial charge is 0.252 e. The number of fused-ring (bicyclic) bond motifs is 1. The average molecular weight is 419 g/mol. The minimum absolute atomic E-state index is 0.0239. The van der Waals surface area contributed by atoms with Crippen molar-refractivity contribution in [2.75, 3.05) is 13.2 Å². The highest BCUT2D eigenvalue weighted by molar-refractivity contribution is 5.85. The summed E-state index contributed by atoms with van der Waals surface area (Å²) in [5, 5.41) is 22.7. The second-order valence-electron chi connectivity index (χ2n) is 7.78. The molecule has 0 aliphatic carbocycles. The molecule has 2 N–H and O–H groups in total. The van der Waals surface area contributed by atoms with Crippen molar-refractivity contribution < 1.29 is 5.11 Å². The highest BCUT2D eigenvalue weighted by Gasteiger charge is 2.15. The van der Waals surface area contributed by atoms with E-state index < -0.39 is 0 Å². The first kappa shape index (κ1) is 20.9. The second-order valence-corrected chi connectivity index (χ2v) is 7.78. The molecule has 160 valence electrons. The SMILES string of the molecule is Cc1ccc(C)c2[nH]c(=O)c(CN(CCO)Cc3nnnn3Cc3ccccc3)cc12. The molecule has 8 nitrogen and oxygen atoms in total. The molecule has 8 heteroatoms. The summed E-state index contributed by atoms with van der Waals surface area (Å²) in [4.78, 5) is 17.8. The van der Waals surface area contributed by atoms with Gasteiger partial charge in [0.15, 0.2) is 5.82 Å². The first-order valence-corrected chi connectivity index (χ1v) is 10.3. The zero-order chi connectivity index (χ0) is 21.8. The van der Waals surface area contributed by atoms with Gasteiger partial charge in [-0.2, -0.15) is 0 Å². The van der Waals surface area contributed by atoms with Gasteiger partial charge in [-0.1, -0.05) is 42.5 Å². The summed E-state index contributed by atoms with van der Waals surface area (Å²) in [5.41, 5.74) is 4.65. The van der Waals surface area contributed by atoms with Crippen LogP contribution in [0.15, 0.2) is 53.3 Å². The summed E-state index contributed by atoms with van der Waals surface area (Å²) in [7, 11) is 0. The Bertz CT molecular complexity index is 1230. The number of benzene rings is 2. The number of aryl methyl sites for hydroxylation is 2. The third-order valence-electron chi connectivity index (χ3n) is 5.48. The molecule has 2 aromatic heterocycles. The summed E-state index contributed by atoms with van der Waals surface area (Å²) in [6, 6.07) is 16.0. The predicted octanol–water partition coefficient (Wildman–Crippen LogP) is 2.17. The maximum absolute atomic E-state index is 12.8. The molecule has 31 heavy (non-hydrogen) atoms. The summed E-state index contributed by atoms with van der Waals surface area (Å²) in [6.45, 7) is 5.77. The van der Waals surface area contributed by atoms with E-state index in [4.69, 9.17) is 0 Å². The van der Waals surface area contributed by atoms with Crippen molar-refractivity contribution in [2.45, 2.75) is 33.5 Å². The maximum Gasteiger partial charge on any atom is 0.252 e. The molecule has 4 aromatic rings. The van der Waals surface area contributed by atoms with Crippen LogP contribution < -0.4 is 5.56 Å². The van der Waals surface area contributed by atoms with E-state index in [1.54, 1.807) is 4.68 Å². The summed E-state index contributed by atoms with van der Waals surface area (Å²) < 4.78 is 1.75. The highest BCUT2D eigenvalue weighted by Crippen LogP contribution is 2.20. The van der Waals surface area contributed by atoms with Crippen LogP contribution in [0.3, 0.4) is 0 Å². The van der Waals surface area contributed by atoms with Gasteiger partial charge in [0.05, 0.1) is 25.2 Å². The highest BCUT2D eigenvalue weighted by atomic mass is 16.3. The number of hydrogen-bond donors (Lipinski definition) is 2. The summed E-state index contributed by atoms with van der Waals surface area (Å²) >= 11 is 0. The monoisotopic (exact) mass is 418 g/mol. The normalized spacial score (nSPS) is 11.5. The number of aliphatic hydroxyl groups excluding tert-OH is 1. The van der Waals surface area contributed by atoms with Crippen molar-refractivity contribution in [2.24, 2.45) is 0 Å². The van der Waals surface area contributed by atoms with Crippen molar-refractivity contribution in [3.05, 3.63) is 87.0 Å². The van der Waals surface area contributed by atoms with Gasteiger partial charge in [0.2, 0.25) is 0 Å². The number of nitrogens with one attached hydrogen (secondary N) is 1. The van der Waals surface area contributed by atoms with E-state index in [1.165, 1.54) is 0 Å². The second kappa shape index (κ2) is 9.20. The van der Waals surface area contributed by atoms with Crippen molar-refractivity contribution in [1.82, 2.24) is 30.1 Å². The van der Waals surface area contributed by atoms with Gasteiger partial charge >= 0.3 is 0 Å². The van der Waals surface area contributed by atoms with E-state index in [2.05, 4.69) is 26.6 Å². The van der Waals surface area contributed by atoms with E-state index in [9.17, 15) is 9.90 Å². The van der Waals surface area contributed by atoms with E-state index >= 15 is 0 Å². The van der Waals surface area contributed by atoms with Gasteiger partial charge in [0.25, 0.3) is 5.56 Å². The molecule has 0 aliphatic rings. The topological polar surface area (TPSA) is 99.9 Å². The van der Waals surface area contributed by atoms with E-state index in [-0.39, 0.29) is 12.2 Å². The zero-order valence-corrected chi connectivity index (χ0v) is 17.7. The Hall–Kier alpha value is -3.36. The lowest BCUT2D eigenvalue weighted by Crippen LogP contribution is -2.30. The standard InChI is InChI=1S/C23H26N6O2/c1-16-8-9-17(2)22-20(16)12-19(23(31)24-22)14-28(10-11-30)15-21-25-26-27-29(21)13-18-6-4-3-5-7-18/h3-9,12,30H,10-11,13-15H2,1-2H3,(H,24,31). The fourth-order valence-corrected chi connectivity index (χ4v) is 3.75. The number of aliphatic hydroxyl groups is 1. The molecule has 0 saturated heterocycles. The van der Waals surface area contributed by atoms with Crippen LogP contribution in [0, 0.1) is 13.8 Å². The number of aromatic amines is 1. The Morgan fingerprint density at radius 1 is 1.06 bits per heavy atom. The lowest BCUT2D eigenvalue weighted by molar-refractivity contribution is 0.179. The van der Waals surface area contributed by atoms with E-state index in [0.717, 1.165) is 27.6 Å². The lowest BCUT2D eigenvalue weighted by Gasteiger charge is -2.21. The Morgan fingerprint density at radius 3 is 2.61 bits per heavy atom. The largest absolute Gasteiger partial charge is 0.395 e. The fourth-order valence-electron chi connectivity index (χ4n) is 3.75. The number of tetrazole rings is 1. The molecule has 2 aromatic carbocycles. The maximum atomic E-state index is 12.8. The number of pyridine rings is 1. The molecule has 0 spiro atoms. The minimum Gasteiger partial charge on any atom is -0.395 e. The Kier molecular flexibility index (Phi) is 6.20. The molecule has 0 aliphatic heterocycles. The Morgan fingerprint density at radius 2 is 1.84 bits per heavy atom. The number of hydrogen-bond acceptors (Lipinski definition) is 6. The van der Waals surface area contributed by atoms with Crippen LogP contribution in [0.4, 0.5) is 0 Å². The van der Waals surface area contributed by atoms with Gasteiger partial charge in [-0.25, -0.2) is 4.68 Å². The predicted molar refractivity (Wildman–Crippen MR) is 119 cm³/mol. The molecule has 0 bridgehead atoms. The van der Waals surface area contributed by atoms with Crippen LogP contribution in [0.25, 0.3) is 10.9 Å². The van der Waals surface area contributed by atoms with Crippen LogP contribution in [0.1, 0.15) is 28.1 Å². The van der Waals surface area contributed by atoms with Crippen molar-refractivity contribution in [1.29, 1.82) is 0 Å². The molecule has 0 saturated carbocycles. The molecule has 2 heterocycles. The molecule has 4 rings (SSSR count). The number of nitrogens with zero attached hydrogens (tertiary/aromatic N) is 5. The van der Waals surface area contributed by atoms with E-state index in [0.29, 0.717) is 37.6 Å². The lowest BCUT2D eigenvalue weighted by atomic mass is 10.0. The van der Waals surface area contributed by atoms with Gasteiger partial charge in [-0.15, -0.1) is 5.10 Å². The number of rotatable bonds is 8. The zero-order valence-electron chi connectivity index (χ0n) is 17.7. The van der Waals surface area contributed by atoms with Crippen molar-refractivity contribution >= 4 is 10.9 Å². The van der Waals surface area contributed by atoms with Crippen LogP contribution in [-0.2, 0) is 19.6 Å². The molecule has 0 atom stereocenters. The van der Waals surface area contributed by atoms with Crippen molar-refractivity contribution in [3.63, 3.8) is 0 Å². The van der Waals surface area contributed by atoms with Crippen LogP contribution in [0.5, 0.6) is 0 Å². The molecular weight excluding hydrogens is 392 g/mol. The molecular formula is C23H26N6O2. The average Bonchev–Trinajstić information content (AvgIpc) is 3.19. The van der Waals surface area contributed by atoms with Crippen molar-refractivity contribution in [3.8, 4) is 0 Å². The van der Waals surface area contributed by atoms with Gasteiger partial charge in [0.1, 0.15) is 0 Å². The third kappa shape index (κ3) is 4.70. The fraction of sp³-hybridized carbons (Fsp3) is 0.304. The van der Waals surface area contributed by atoms with Gasteiger partial charge < -0.3 is 10.1 Å². The third-order valence-corrected chi connectivity index (χ3v) is 5.48. The molecule has 0 amide bonds. The van der Waals surface area contributed by atoms with Crippen LogP contribution in [0.2, 0.25) is 0 Å². The first-order valence-electron chi connectivity index (χ1n) is 10.3. The number of H-pyrrole nitrogens is 1. The first-order chi connectivity index (χ1) is 15.0. The quantitative estimate of drug-likeness (QED) is 0.455. The Labute approximate surface area is 180 Å². The number of aromatic nitrogens is 5. The van der Waals surface area contributed by atoms with Gasteiger partial charge in [-0.05, 0) is 47.0 Å². The minimum atomic E-state index is -0.118. The van der Waals surface area contributed by atoms with E-state index in [1.807, 2.05) is 61.2 Å². The summed E-state index contributed by atoms with van der Waals surface area (Å²) in [5.74, 6) is 0.682. The van der Waals surface area contributed by atoms with Gasteiger partial charge in [0, 0.05) is 24.0 Å².